The molecule has 1 atom stereocenters. The van der Waals surface area contributed by atoms with Crippen LogP contribution in [0.3, 0.4) is 0 Å². The second-order valence-electron chi connectivity index (χ2n) is 6.75. The van der Waals surface area contributed by atoms with E-state index in [-0.39, 0.29) is 18.4 Å². The molecule has 0 radical (unpaired) electrons. The molecule has 29 heavy (non-hydrogen) atoms. The zero-order valence-corrected chi connectivity index (χ0v) is 17.5. The van der Waals surface area contributed by atoms with Crippen LogP contribution in [0.2, 0.25) is 0 Å². The first-order chi connectivity index (χ1) is 14.1. The van der Waals surface area contributed by atoms with Crippen molar-refractivity contribution in [1.29, 1.82) is 0 Å². The summed E-state index contributed by atoms with van der Waals surface area (Å²) in [7, 11) is 1.63. The number of ether oxygens (including phenoxy) is 3. The number of thiophene rings is 1. The van der Waals surface area contributed by atoms with Crippen LogP contribution in [0.1, 0.15) is 35.8 Å². The van der Waals surface area contributed by atoms with Crippen molar-refractivity contribution in [2.45, 2.75) is 26.2 Å². The molecule has 0 spiro atoms. The summed E-state index contributed by atoms with van der Waals surface area (Å²) < 4.78 is 17.8. The van der Waals surface area contributed by atoms with Crippen molar-refractivity contribution in [3.05, 3.63) is 69.9 Å². The van der Waals surface area contributed by atoms with Gasteiger partial charge in [0.1, 0.15) is 11.3 Å². The second-order valence-corrected chi connectivity index (χ2v) is 7.80. The molecular formula is C23H23NO4S. The lowest BCUT2D eigenvalue weighted by molar-refractivity contribution is -0.139. The molecule has 1 unspecified atom stereocenters. The fourth-order valence-electron chi connectivity index (χ4n) is 3.73. The Labute approximate surface area is 173 Å². The van der Waals surface area contributed by atoms with Crippen LogP contribution < -0.4 is 15.2 Å². The Hall–Kier alpha value is -2.99. The number of fused-ring (bicyclic) bond motifs is 3. The third kappa shape index (κ3) is 3.23. The number of carbonyl (C=O) groups excluding carboxylic acids is 1. The van der Waals surface area contributed by atoms with Gasteiger partial charge >= 0.3 is 5.97 Å². The molecule has 2 aromatic carbocycles. The van der Waals surface area contributed by atoms with Crippen LogP contribution in [0.4, 0.5) is 0 Å². The largest absolute Gasteiger partial charge is 0.497 e. The van der Waals surface area contributed by atoms with Gasteiger partial charge in [-0.3, -0.25) is 0 Å². The first kappa shape index (κ1) is 19.3. The average molecular weight is 410 g/mol. The zero-order chi connectivity index (χ0) is 20.5. The molecule has 0 amide bonds. The van der Waals surface area contributed by atoms with Crippen molar-refractivity contribution >= 4 is 27.4 Å². The molecular weight excluding hydrogens is 386 g/mol. The van der Waals surface area contributed by atoms with Gasteiger partial charge in [0, 0.05) is 10.1 Å². The van der Waals surface area contributed by atoms with Crippen molar-refractivity contribution in [3.8, 4) is 11.5 Å². The topological polar surface area (TPSA) is 70.8 Å². The Bertz CT molecular complexity index is 1100. The van der Waals surface area contributed by atoms with Gasteiger partial charge in [-0.1, -0.05) is 31.2 Å². The minimum absolute atomic E-state index is 0.0957. The van der Waals surface area contributed by atoms with Gasteiger partial charge in [-0.25, -0.2) is 4.79 Å². The predicted molar refractivity (Wildman–Crippen MR) is 115 cm³/mol. The van der Waals surface area contributed by atoms with Gasteiger partial charge in [0.25, 0.3) is 0 Å². The molecule has 4 rings (SSSR count). The van der Waals surface area contributed by atoms with Crippen LogP contribution in [0, 0.1) is 0 Å². The molecule has 1 aliphatic heterocycles. The van der Waals surface area contributed by atoms with Crippen LogP contribution in [0.5, 0.6) is 11.5 Å². The van der Waals surface area contributed by atoms with Gasteiger partial charge in [-0.15, -0.1) is 11.3 Å². The summed E-state index contributed by atoms with van der Waals surface area (Å²) in [5, 5.41) is 1.02. The Kier molecular flexibility index (Phi) is 5.20. The molecule has 3 aromatic rings. The van der Waals surface area contributed by atoms with E-state index in [0.29, 0.717) is 5.57 Å². The molecule has 1 aromatic heterocycles. The summed E-state index contributed by atoms with van der Waals surface area (Å²) in [4.78, 5) is 13.8. The lowest BCUT2D eigenvalue weighted by Gasteiger charge is -2.26. The number of aryl methyl sites for hydroxylation is 1. The number of rotatable bonds is 5. The quantitative estimate of drug-likeness (QED) is 0.617. The minimum atomic E-state index is -0.454. The van der Waals surface area contributed by atoms with Crippen LogP contribution in [-0.2, 0) is 16.0 Å². The predicted octanol–water partition coefficient (Wildman–Crippen LogP) is 4.73. The second kappa shape index (κ2) is 7.79. The van der Waals surface area contributed by atoms with Crippen molar-refractivity contribution in [2.75, 3.05) is 13.7 Å². The number of methoxy groups -OCH3 is 1. The maximum Gasteiger partial charge on any atom is 0.340 e. The fourth-order valence-corrected chi connectivity index (χ4v) is 5.18. The summed E-state index contributed by atoms with van der Waals surface area (Å²) in [6.07, 6.45) is 0.914. The highest BCUT2D eigenvalue weighted by molar-refractivity contribution is 7.19. The van der Waals surface area contributed by atoms with Crippen molar-refractivity contribution in [1.82, 2.24) is 0 Å². The van der Waals surface area contributed by atoms with Crippen LogP contribution in [-0.4, -0.2) is 19.7 Å². The van der Waals surface area contributed by atoms with Gasteiger partial charge in [0.2, 0.25) is 5.88 Å². The van der Waals surface area contributed by atoms with Gasteiger partial charge in [-0.05, 0) is 42.7 Å². The van der Waals surface area contributed by atoms with Crippen LogP contribution in [0.15, 0.2) is 53.9 Å². The molecule has 0 aliphatic carbocycles. The standard InChI is InChI=1S/C23H23NO4S/c1-4-13-7-6-8-16-19-21(29-20(13)16)17(14-9-11-15(26-3)12-10-14)18(22(24)28-19)23(25)27-5-2/h6-12,17H,4-5,24H2,1-3H3. The Balaban J connectivity index is 1.95. The normalized spacial score (nSPS) is 15.8. The lowest BCUT2D eigenvalue weighted by atomic mass is 9.87. The van der Waals surface area contributed by atoms with E-state index in [1.54, 1.807) is 25.4 Å². The number of nitrogens with two attached hydrogens (primary N) is 1. The first-order valence-electron chi connectivity index (χ1n) is 9.61. The minimum Gasteiger partial charge on any atom is -0.497 e. The molecule has 5 nitrogen and oxygen atoms in total. The SMILES string of the molecule is CCOC(=O)C1=C(N)Oc2c(sc3c(CC)cccc23)C1c1ccc(OC)cc1. The third-order valence-corrected chi connectivity index (χ3v) is 6.46. The van der Waals surface area contributed by atoms with E-state index in [9.17, 15) is 4.79 Å². The maximum atomic E-state index is 12.8. The van der Waals surface area contributed by atoms with E-state index in [2.05, 4.69) is 13.0 Å². The highest BCUT2D eigenvalue weighted by Crippen LogP contribution is 2.51. The molecule has 2 N–H and O–H groups in total. The summed E-state index contributed by atoms with van der Waals surface area (Å²) in [5.74, 6) is 0.765. The summed E-state index contributed by atoms with van der Waals surface area (Å²) in [6.45, 7) is 4.18. The monoisotopic (exact) mass is 409 g/mol. The molecule has 0 fully saturated rings. The Morgan fingerprint density at radius 1 is 1.17 bits per heavy atom. The summed E-state index contributed by atoms with van der Waals surface area (Å²) in [6, 6.07) is 13.9. The summed E-state index contributed by atoms with van der Waals surface area (Å²) >= 11 is 1.65. The van der Waals surface area contributed by atoms with E-state index in [4.69, 9.17) is 19.9 Å². The first-order valence-corrected chi connectivity index (χ1v) is 10.4. The van der Waals surface area contributed by atoms with Gasteiger partial charge in [-0.2, -0.15) is 0 Å². The van der Waals surface area contributed by atoms with Gasteiger partial charge < -0.3 is 19.9 Å². The molecule has 2 heterocycles. The van der Waals surface area contributed by atoms with Crippen molar-refractivity contribution < 1.29 is 19.0 Å². The number of esters is 1. The zero-order valence-electron chi connectivity index (χ0n) is 16.7. The van der Waals surface area contributed by atoms with Crippen LogP contribution in [0.25, 0.3) is 10.1 Å². The number of hydrogen-bond donors (Lipinski definition) is 1. The van der Waals surface area contributed by atoms with Crippen molar-refractivity contribution in [2.24, 2.45) is 5.73 Å². The Morgan fingerprint density at radius 3 is 2.59 bits per heavy atom. The van der Waals surface area contributed by atoms with Crippen molar-refractivity contribution in [3.63, 3.8) is 0 Å². The van der Waals surface area contributed by atoms with E-state index in [1.165, 1.54) is 5.56 Å². The number of hydrogen-bond acceptors (Lipinski definition) is 6. The third-order valence-electron chi connectivity index (χ3n) is 5.13. The lowest BCUT2D eigenvalue weighted by Crippen LogP contribution is -2.26. The van der Waals surface area contributed by atoms with E-state index >= 15 is 0 Å². The van der Waals surface area contributed by atoms with E-state index in [1.807, 2.05) is 36.4 Å². The maximum absolute atomic E-state index is 12.8. The number of carbonyl (C=O) groups is 1. The smallest absolute Gasteiger partial charge is 0.340 e. The highest BCUT2D eigenvalue weighted by atomic mass is 32.1. The van der Waals surface area contributed by atoms with Crippen LogP contribution >= 0.6 is 11.3 Å². The molecule has 1 aliphatic rings. The molecule has 0 saturated heterocycles. The molecule has 0 saturated carbocycles. The van der Waals surface area contributed by atoms with Gasteiger partial charge in [0.15, 0.2) is 5.75 Å². The number of benzene rings is 2. The van der Waals surface area contributed by atoms with Gasteiger partial charge in [0.05, 0.1) is 24.5 Å². The van der Waals surface area contributed by atoms with E-state index < -0.39 is 5.97 Å². The fraction of sp³-hybridized carbons (Fsp3) is 0.261. The highest BCUT2D eigenvalue weighted by Gasteiger charge is 2.38. The molecule has 150 valence electrons. The Morgan fingerprint density at radius 2 is 1.93 bits per heavy atom. The summed E-state index contributed by atoms with van der Waals surface area (Å²) in [5.41, 5.74) is 8.79. The average Bonchev–Trinajstić information content (AvgIpc) is 3.11. The molecule has 6 heteroatoms. The molecule has 0 bridgehead atoms. The van der Waals surface area contributed by atoms with E-state index in [0.717, 1.165) is 38.4 Å².